The number of nitrogens with zero attached hydrogens (tertiary/aromatic N) is 1. The largest absolute Gasteiger partial charge is 0.356 e. The summed E-state index contributed by atoms with van der Waals surface area (Å²) in [6, 6.07) is 7.63. The number of guanidine groups is 1. The van der Waals surface area contributed by atoms with Gasteiger partial charge in [0.25, 0.3) is 5.91 Å². The van der Waals surface area contributed by atoms with E-state index in [2.05, 4.69) is 34.8 Å². The van der Waals surface area contributed by atoms with E-state index in [1.807, 2.05) is 31.2 Å². The Labute approximate surface area is 169 Å². The molecule has 0 saturated carbocycles. The quantitative estimate of drug-likeness (QED) is 0.229. The van der Waals surface area contributed by atoms with Crippen LogP contribution < -0.4 is 16.0 Å². The highest BCUT2D eigenvalue weighted by atomic mass is 127. The van der Waals surface area contributed by atoms with Crippen molar-refractivity contribution in [1.82, 2.24) is 16.0 Å². The average Bonchev–Trinajstić information content (AvgIpc) is 2.57. The molecule has 1 rings (SSSR count). The van der Waals surface area contributed by atoms with Gasteiger partial charge in [-0.05, 0) is 37.0 Å². The number of unbranched alkanes of at least 4 members (excludes halogenated alkanes) is 1. The summed E-state index contributed by atoms with van der Waals surface area (Å²) >= 11 is 0. The SMILES string of the molecule is CCNC(=O)c1ccc(CNC(=NC)NCCCCC(C)C)cc1.I. The van der Waals surface area contributed by atoms with E-state index in [9.17, 15) is 4.79 Å². The summed E-state index contributed by atoms with van der Waals surface area (Å²) in [5, 5.41) is 9.43. The van der Waals surface area contributed by atoms with Gasteiger partial charge in [-0.25, -0.2) is 0 Å². The molecule has 0 spiro atoms. The van der Waals surface area contributed by atoms with Gasteiger partial charge in [-0.3, -0.25) is 9.79 Å². The summed E-state index contributed by atoms with van der Waals surface area (Å²) in [5.74, 6) is 1.55. The number of carbonyl (C=O) groups is 1. The molecule has 3 N–H and O–H groups in total. The first kappa shape index (κ1) is 23.7. The summed E-state index contributed by atoms with van der Waals surface area (Å²) in [6.07, 6.45) is 3.66. The Balaban J connectivity index is 0.00000576. The third kappa shape index (κ3) is 10.3. The van der Waals surface area contributed by atoms with Crippen LogP contribution in [0.15, 0.2) is 29.3 Å². The van der Waals surface area contributed by atoms with Gasteiger partial charge in [0.05, 0.1) is 0 Å². The maximum absolute atomic E-state index is 11.7. The molecule has 1 aromatic rings. The molecular weight excluding hydrogens is 427 g/mol. The highest BCUT2D eigenvalue weighted by Gasteiger charge is 2.04. The highest BCUT2D eigenvalue weighted by Crippen LogP contribution is 2.05. The Bertz CT molecular complexity index is 515. The second-order valence-corrected chi connectivity index (χ2v) is 6.30. The van der Waals surface area contributed by atoms with E-state index < -0.39 is 0 Å². The molecule has 0 fully saturated rings. The Hall–Kier alpha value is -1.31. The van der Waals surface area contributed by atoms with Gasteiger partial charge in [0.1, 0.15) is 0 Å². The van der Waals surface area contributed by atoms with Crippen molar-refractivity contribution in [2.24, 2.45) is 10.9 Å². The monoisotopic (exact) mass is 460 g/mol. The molecule has 0 aliphatic rings. The van der Waals surface area contributed by atoms with Crippen LogP contribution in [0.4, 0.5) is 0 Å². The lowest BCUT2D eigenvalue weighted by atomic mass is 10.1. The molecule has 0 unspecified atom stereocenters. The van der Waals surface area contributed by atoms with Crippen molar-refractivity contribution >= 4 is 35.8 Å². The zero-order valence-corrected chi connectivity index (χ0v) is 18.2. The van der Waals surface area contributed by atoms with E-state index in [-0.39, 0.29) is 29.9 Å². The fourth-order valence-electron chi connectivity index (χ4n) is 2.33. The molecule has 0 bridgehead atoms. The molecule has 142 valence electrons. The van der Waals surface area contributed by atoms with Crippen LogP contribution in [0.5, 0.6) is 0 Å². The highest BCUT2D eigenvalue weighted by molar-refractivity contribution is 14.0. The summed E-state index contributed by atoms with van der Waals surface area (Å²) in [4.78, 5) is 16.0. The molecular formula is C19H33IN4O. The summed E-state index contributed by atoms with van der Waals surface area (Å²) < 4.78 is 0. The van der Waals surface area contributed by atoms with Crippen LogP contribution in [0, 0.1) is 5.92 Å². The first-order valence-electron chi connectivity index (χ1n) is 8.88. The van der Waals surface area contributed by atoms with Crippen molar-refractivity contribution in [3.63, 3.8) is 0 Å². The van der Waals surface area contributed by atoms with Crippen LogP contribution in [-0.2, 0) is 6.54 Å². The van der Waals surface area contributed by atoms with Gasteiger partial charge in [0.15, 0.2) is 5.96 Å². The predicted octanol–water partition coefficient (Wildman–Crippen LogP) is 3.55. The van der Waals surface area contributed by atoms with E-state index in [0.717, 1.165) is 30.4 Å². The van der Waals surface area contributed by atoms with E-state index in [4.69, 9.17) is 0 Å². The molecule has 0 aliphatic carbocycles. The molecule has 0 radical (unpaired) electrons. The Morgan fingerprint density at radius 1 is 1.08 bits per heavy atom. The van der Waals surface area contributed by atoms with Gasteiger partial charge in [0, 0.05) is 32.2 Å². The van der Waals surface area contributed by atoms with E-state index >= 15 is 0 Å². The van der Waals surface area contributed by atoms with E-state index in [1.54, 1.807) is 7.05 Å². The van der Waals surface area contributed by atoms with Crippen molar-refractivity contribution in [2.45, 2.75) is 46.6 Å². The smallest absolute Gasteiger partial charge is 0.251 e. The van der Waals surface area contributed by atoms with Crippen molar-refractivity contribution in [1.29, 1.82) is 0 Å². The fourth-order valence-corrected chi connectivity index (χ4v) is 2.33. The van der Waals surface area contributed by atoms with Crippen molar-refractivity contribution in [3.05, 3.63) is 35.4 Å². The Kier molecular flexibility index (Phi) is 13.2. The normalized spacial score (nSPS) is 11.0. The molecule has 0 aliphatic heterocycles. The first-order valence-corrected chi connectivity index (χ1v) is 8.88. The van der Waals surface area contributed by atoms with Gasteiger partial charge in [0.2, 0.25) is 0 Å². The molecule has 25 heavy (non-hydrogen) atoms. The lowest BCUT2D eigenvalue weighted by molar-refractivity contribution is 0.0956. The Morgan fingerprint density at radius 3 is 2.32 bits per heavy atom. The van der Waals surface area contributed by atoms with Crippen LogP contribution >= 0.6 is 24.0 Å². The Morgan fingerprint density at radius 2 is 1.76 bits per heavy atom. The first-order chi connectivity index (χ1) is 11.6. The molecule has 1 aromatic carbocycles. The number of carbonyl (C=O) groups excluding carboxylic acids is 1. The third-order valence-electron chi connectivity index (χ3n) is 3.74. The number of halogens is 1. The molecule has 1 amide bonds. The third-order valence-corrected chi connectivity index (χ3v) is 3.74. The van der Waals surface area contributed by atoms with Crippen LogP contribution in [0.1, 0.15) is 56.0 Å². The lowest BCUT2D eigenvalue weighted by Gasteiger charge is -2.12. The standard InChI is InChI=1S/C19H32N4O.HI/c1-5-21-18(24)17-11-9-16(10-12-17)14-23-19(20-4)22-13-7-6-8-15(2)3;/h9-12,15H,5-8,13-14H2,1-4H3,(H,21,24)(H2,20,22,23);1H. The number of hydrogen-bond acceptors (Lipinski definition) is 2. The summed E-state index contributed by atoms with van der Waals surface area (Å²) in [7, 11) is 1.78. The maximum Gasteiger partial charge on any atom is 0.251 e. The minimum atomic E-state index is -0.0316. The fraction of sp³-hybridized carbons (Fsp3) is 0.579. The molecule has 6 heteroatoms. The predicted molar refractivity (Wildman–Crippen MR) is 117 cm³/mol. The van der Waals surface area contributed by atoms with Crippen LogP contribution in [0.3, 0.4) is 0 Å². The number of hydrogen-bond donors (Lipinski definition) is 3. The second kappa shape index (κ2) is 13.9. The zero-order chi connectivity index (χ0) is 17.8. The summed E-state index contributed by atoms with van der Waals surface area (Å²) in [5.41, 5.74) is 1.80. The van der Waals surface area contributed by atoms with Crippen LogP contribution in [0.2, 0.25) is 0 Å². The maximum atomic E-state index is 11.7. The van der Waals surface area contributed by atoms with Gasteiger partial charge in [-0.15, -0.1) is 24.0 Å². The second-order valence-electron chi connectivity index (χ2n) is 6.30. The molecule has 0 saturated heterocycles. The van der Waals surface area contributed by atoms with Gasteiger partial charge in [-0.2, -0.15) is 0 Å². The van der Waals surface area contributed by atoms with Gasteiger partial charge < -0.3 is 16.0 Å². The van der Waals surface area contributed by atoms with Crippen molar-refractivity contribution in [2.75, 3.05) is 20.1 Å². The van der Waals surface area contributed by atoms with E-state index in [0.29, 0.717) is 18.7 Å². The van der Waals surface area contributed by atoms with Gasteiger partial charge in [-0.1, -0.05) is 38.8 Å². The zero-order valence-electron chi connectivity index (χ0n) is 15.9. The molecule has 0 heterocycles. The minimum absolute atomic E-state index is 0. The number of aliphatic imine (C=N–C) groups is 1. The van der Waals surface area contributed by atoms with E-state index in [1.165, 1.54) is 12.8 Å². The van der Waals surface area contributed by atoms with Crippen LogP contribution in [-0.4, -0.2) is 32.0 Å². The number of rotatable bonds is 9. The molecule has 0 aromatic heterocycles. The average molecular weight is 460 g/mol. The lowest BCUT2D eigenvalue weighted by Crippen LogP contribution is -2.37. The summed E-state index contributed by atoms with van der Waals surface area (Å²) in [6.45, 7) is 8.68. The van der Waals surface area contributed by atoms with Crippen molar-refractivity contribution < 1.29 is 4.79 Å². The van der Waals surface area contributed by atoms with Crippen LogP contribution in [0.25, 0.3) is 0 Å². The number of benzene rings is 1. The van der Waals surface area contributed by atoms with Gasteiger partial charge >= 0.3 is 0 Å². The molecule has 0 atom stereocenters. The molecule has 5 nitrogen and oxygen atoms in total. The number of amides is 1. The van der Waals surface area contributed by atoms with Crippen molar-refractivity contribution in [3.8, 4) is 0 Å². The minimum Gasteiger partial charge on any atom is -0.356 e. The number of nitrogens with one attached hydrogen (secondary N) is 3. The topological polar surface area (TPSA) is 65.5 Å².